The van der Waals surface area contributed by atoms with Crippen LogP contribution in [0.2, 0.25) is 0 Å². The number of halogens is 2. The first-order valence-electron chi connectivity index (χ1n) is 10.0. The Bertz CT molecular complexity index is 707. The van der Waals surface area contributed by atoms with Gasteiger partial charge in [-0.05, 0) is 30.4 Å². The van der Waals surface area contributed by atoms with Crippen molar-refractivity contribution in [2.75, 3.05) is 19.6 Å². The molecule has 0 radical (unpaired) electrons. The van der Waals surface area contributed by atoms with Gasteiger partial charge in [0, 0.05) is 31.7 Å². The van der Waals surface area contributed by atoms with Crippen LogP contribution in [0.5, 0.6) is 0 Å². The van der Waals surface area contributed by atoms with Crippen LogP contribution < -0.4 is 11.1 Å². The van der Waals surface area contributed by atoms with Gasteiger partial charge in [0.05, 0.1) is 5.92 Å². The van der Waals surface area contributed by atoms with E-state index in [4.69, 9.17) is 5.73 Å². The summed E-state index contributed by atoms with van der Waals surface area (Å²) in [7, 11) is 0. The Hall–Kier alpha value is -1.59. The highest BCUT2D eigenvalue weighted by Gasteiger charge is 2.26. The topological polar surface area (TPSA) is 58.4 Å². The molecular formula is C23H33Cl2N3O. The maximum absolute atomic E-state index is 12.6. The molecule has 1 fully saturated rings. The van der Waals surface area contributed by atoms with Crippen LogP contribution in [0, 0.1) is 5.92 Å². The number of nitrogens with two attached hydrogens (primary N) is 1. The molecular weight excluding hydrogens is 405 g/mol. The number of amides is 1. The molecule has 0 bridgehead atoms. The molecule has 1 heterocycles. The van der Waals surface area contributed by atoms with Gasteiger partial charge < -0.3 is 16.0 Å². The van der Waals surface area contributed by atoms with E-state index in [1.807, 2.05) is 37.3 Å². The predicted molar refractivity (Wildman–Crippen MR) is 125 cm³/mol. The van der Waals surface area contributed by atoms with Gasteiger partial charge >= 0.3 is 0 Å². The van der Waals surface area contributed by atoms with Gasteiger partial charge in [-0.2, -0.15) is 0 Å². The van der Waals surface area contributed by atoms with Crippen LogP contribution in [0.25, 0.3) is 0 Å². The Kier molecular flexibility index (Phi) is 11.3. The summed E-state index contributed by atoms with van der Waals surface area (Å²) in [6.45, 7) is 5.08. The normalized spacial score (nSPS) is 16.8. The van der Waals surface area contributed by atoms with E-state index in [0.717, 1.165) is 44.5 Å². The van der Waals surface area contributed by atoms with Crippen LogP contribution >= 0.6 is 24.8 Å². The molecule has 4 nitrogen and oxygen atoms in total. The zero-order chi connectivity index (χ0) is 19.1. The summed E-state index contributed by atoms with van der Waals surface area (Å²) in [5, 5.41) is 3.22. The Balaban J connectivity index is 0.00000210. The zero-order valence-electron chi connectivity index (χ0n) is 17.0. The van der Waals surface area contributed by atoms with Crippen molar-refractivity contribution in [1.29, 1.82) is 0 Å². The number of nitrogens with zero attached hydrogens (tertiary/aromatic N) is 1. The fourth-order valence-corrected chi connectivity index (χ4v) is 3.69. The van der Waals surface area contributed by atoms with Crippen molar-refractivity contribution in [2.45, 2.75) is 38.3 Å². The van der Waals surface area contributed by atoms with E-state index >= 15 is 0 Å². The number of likely N-dealkylation sites (tertiary alicyclic amines) is 1. The first-order valence-corrected chi connectivity index (χ1v) is 10.0. The summed E-state index contributed by atoms with van der Waals surface area (Å²) in [4.78, 5) is 15.1. The molecule has 29 heavy (non-hydrogen) atoms. The van der Waals surface area contributed by atoms with Crippen molar-refractivity contribution in [1.82, 2.24) is 10.2 Å². The quantitative estimate of drug-likeness (QED) is 0.688. The minimum Gasteiger partial charge on any atom is -0.353 e. The first kappa shape index (κ1) is 25.4. The zero-order valence-corrected chi connectivity index (χ0v) is 18.6. The smallest absolute Gasteiger partial charge is 0.224 e. The molecule has 1 saturated heterocycles. The predicted octanol–water partition coefficient (Wildman–Crippen LogP) is 3.99. The lowest BCUT2D eigenvalue weighted by molar-refractivity contribution is -0.126. The molecule has 6 heteroatoms. The molecule has 0 aromatic heterocycles. The number of piperidine rings is 1. The summed E-state index contributed by atoms with van der Waals surface area (Å²) in [5.41, 5.74) is 8.69. The van der Waals surface area contributed by atoms with Crippen molar-refractivity contribution in [2.24, 2.45) is 11.7 Å². The lowest BCUT2D eigenvalue weighted by atomic mass is 9.94. The minimum absolute atomic E-state index is 0. The number of carbonyl (C=O) groups excluding carboxylic acids is 1. The SMILES string of the molecule is CC(C(=O)NC1CCN(CCc2ccccc2)CC1)C(N)c1ccccc1.Cl.Cl. The first-order chi connectivity index (χ1) is 13.1. The van der Waals surface area contributed by atoms with Crippen LogP contribution in [-0.2, 0) is 11.2 Å². The van der Waals surface area contributed by atoms with Crippen LogP contribution in [-0.4, -0.2) is 36.5 Å². The van der Waals surface area contributed by atoms with Gasteiger partial charge in [0.15, 0.2) is 0 Å². The van der Waals surface area contributed by atoms with Gasteiger partial charge in [-0.1, -0.05) is 67.6 Å². The molecule has 0 aliphatic carbocycles. The minimum atomic E-state index is -0.267. The number of benzene rings is 2. The second-order valence-corrected chi connectivity index (χ2v) is 7.59. The average molecular weight is 438 g/mol. The van der Waals surface area contributed by atoms with E-state index in [1.165, 1.54) is 5.56 Å². The molecule has 2 aromatic carbocycles. The molecule has 3 rings (SSSR count). The largest absolute Gasteiger partial charge is 0.353 e. The monoisotopic (exact) mass is 437 g/mol. The lowest BCUT2D eigenvalue weighted by Gasteiger charge is -2.33. The van der Waals surface area contributed by atoms with E-state index in [2.05, 4.69) is 40.5 Å². The van der Waals surface area contributed by atoms with Crippen molar-refractivity contribution >= 4 is 30.7 Å². The number of hydrogen-bond donors (Lipinski definition) is 2. The fourth-order valence-electron chi connectivity index (χ4n) is 3.69. The highest BCUT2D eigenvalue weighted by Crippen LogP contribution is 2.20. The van der Waals surface area contributed by atoms with E-state index in [1.54, 1.807) is 0 Å². The maximum atomic E-state index is 12.6. The second-order valence-electron chi connectivity index (χ2n) is 7.59. The molecule has 1 aliphatic heterocycles. The highest BCUT2D eigenvalue weighted by atomic mass is 35.5. The summed E-state index contributed by atoms with van der Waals surface area (Å²) in [6, 6.07) is 20.5. The van der Waals surface area contributed by atoms with Crippen molar-refractivity contribution in [3.05, 3.63) is 71.8 Å². The molecule has 0 saturated carbocycles. The molecule has 0 spiro atoms. The van der Waals surface area contributed by atoms with E-state index < -0.39 is 0 Å². The van der Waals surface area contributed by atoms with Crippen molar-refractivity contribution < 1.29 is 4.79 Å². The lowest BCUT2D eigenvalue weighted by Crippen LogP contribution is -2.47. The van der Waals surface area contributed by atoms with Gasteiger partial charge in [0.1, 0.15) is 0 Å². The average Bonchev–Trinajstić information content (AvgIpc) is 2.73. The third-order valence-electron chi connectivity index (χ3n) is 5.63. The van der Waals surface area contributed by atoms with Gasteiger partial charge in [-0.25, -0.2) is 0 Å². The maximum Gasteiger partial charge on any atom is 0.224 e. The number of carbonyl (C=O) groups is 1. The van der Waals surface area contributed by atoms with Crippen LogP contribution in [0.15, 0.2) is 60.7 Å². The molecule has 3 N–H and O–H groups in total. The third kappa shape index (κ3) is 7.63. The molecule has 2 aromatic rings. The second kappa shape index (κ2) is 12.9. The van der Waals surface area contributed by atoms with Crippen molar-refractivity contribution in [3.8, 4) is 0 Å². The molecule has 1 amide bonds. The van der Waals surface area contributed by atoms with E-state index in [-0.39, 0.29) is 48.7 Å². The Labute approximate surface area is 187 Å². The van der Waals surface area contributed by atoms with Crippen LogP contribution in [0.4, 0.5) is 0 Å². The fraction of sp³-hybridized carbons (Fsp3) is 0.435. The summed E-state index contributed by atoms with van der Waals surface area (Å²) in [5.74, 6) is -0.169. The van der Waals surface area contributed by atoms with E-state index in [9.17, 15) is 4.79 Å². The number of hydrogen-bond acceptors (Lipinski definition) is 3. The van der Waals surface area contributed by atoms with Gasteiger partial charge in [-0.3, -0.25) is 4.79 Å². The number of rotatable bonds is 7. The Morgan fingerprint density at radius 1 is 1.03 bits per heavy atom. The Morgan fingerprint density at radius 3 is 2.17 bits per heavy atom. The summed E-state index contributed by atoms with van der Waals surface area (Å²) in [6.07, 6.45) is 3.10. The molecule has 2 atom stereocenters. The van der Waals surface area contributed by atoms with Gasteiger partial charge in [-0.15, -0.1) is 24.8 Å². The van der Waals surface area contributed by atoms with Crippen LogP contribution in [0.1, 0.15) is 36.9 Å². The molecule has 2 unspecified atom stereocenters. The van der Waals surface area contributed by atoms with E-state index in [0.29, 0.717) is 0 Å². The summed E-state index contributed by atoms with van der Waals surface area (Å²) >= 11 is 0. The van der Waals surface area contributed by atoms with Crippen molar-refractivity contribution in [3.63, 3.8) is 0 Å². The summed E-state index contributed by atoms with van der Waals surface area (Å²) < 4.78 is 0. The van der Waals surface area contributed by atoms with Gasteiger partial charge in [0.25, 0.3) is 0 Å². The highest BCUT2D eigenvalue weighted by molar-refractivity contribution is 5.85. The molecule has 160 valence electrons. The standard InChI is InChI=1S/C23H31N3O.2ClH/c1-18(22(24)20-10-6-3-7-11-20)23(27)25-21-13-16-26(17-14-21)15-12-19-8-4-2-5-9-19;;/h2-11,18,21-22H,12-17,24H2,1H3,(H,25,27);2*1H. The number of nitrogens with one attached hydrogen (secondary N) is 1. The molecule has 1 aliphatic rings. The third-order valence-corrected chi connectivity index (χ3v) is 5.63. The van der Waals surface area contributed by atoms with Gasteiger partial charge in [0.2, 0.25) is 5.91 Å². The Morgan fingerprint density at radius 2 is 1.59 bits per heavy atom. The van der Waals surface area contributed by atoms with Crippen LogP contribution in [0.3, 0.4) is 0 Å².